The number of aliphatic hydroxyl groups is 1. The molecule has 1 aromatic carbocycles. The molecule has 0 bridgehead atoms. The second-order valence-corrected chi connectivity index (χ2v) is 4.93. The lowest BCUT2D eigenvalue weighted by molar-refractivity contribution is -0.132. The van der Waals surface area contributed by atoms with Crippen LogP contribution in [0.5, 0.6) is 5.75 Å². The number of rotatable bonds is 3. The Kier molecular flexibility index (Phi) is 3.69. The smallest absolute Gasteiger partial charge is 0.263 e. The molecule has 5 heteroatoms. The molecule has 1 aromatic rings. The van der Waals surface area contributed by atoms with Crippen molar-refractivity contribution in [3.8, 4) is 5.75 Å². The Bertz CT molecular complexity index is 436. The van der Waals surface area contributed by atoms with Crippen molar-refractivity contribution >= 4 is 21.8 Å². The molecule has 1 heterocycles. The Morgan fingerprint density at radius 3 is 2.88 bits per heavy atom. The lowest BCUT2D eigenvalue weighted by Crippen LogP contribution is -2.29. The monoisotopic (exact) mass is 299 g/mol. The van der Waals surface area contributed by atoms with Crippen LogP contribution < -0.4 is 4.74 Å². The maximum atomic E-state index is 11.7. The van der Waals surface area contributed by atoms with Crippen molar-refractivity contribution in [2.24, 2.45) is 0 Å². The van der Waals surface area contributed by atoms with E-state index in [1.807, 2.05) is 0 Å². The molecular formula is C12H14BrNO3. The molecule has 17 heavy (non-hydrogen) atoms. The van der Waals surface area contributed by atoms with Crippen molar-refractivity contribution in [3.05, 3.63) is 28.2 Å². The number of likely N-dealkylation sites (tertiary alicyclic amines) is 1. The third-order valence-electron chi connectivity index (χ3n) is 2.83. The van der Waals surface area contributed by atoms with Crippen molar-refractivity contribution in [1.29, 1.82) is 0 Å². The van der Waals surface area contributed by atoms with Crippen LogP contribution in [-0.2, 0) is 11.4 Å². The molecule has 1 amide bonds. The van der Waals surface area contributed by atoms with E-state index in [-0.39, 0.29) is 12.5 Å². The van der Waals surface area contributed by atoms with Gasteiger partial charge in [0.05, 0.1) is 11.1 Å². The van der Waals surface area contributed by atoms with Crippen LogP contribution in [0.15, 0.2) is 22.7 Å². The lowest BCUT2D eigenvalue weighted by atomic mass is 10.2. The minimum atomic E-state index is -0.392. The molecule has 4 nitrogen and oxygen atoms in total. The summed E-state index contributed by atoms with van der Waals surface area (Å²) < 4.78 is 6.42. The maximum Gasteiger partial charge on any atom is 0.263 e. The average Bonchev–Trinajstić information content (AvgIpc) is 2.63. The summed E-state index contributed by atoms with van der Waals surface area (Å²) in [5.41, 5.74) is 0.805. The van der Waals surface area contributed by atoms with E-state index < -0.39 is 6.10 Å². The number of carbonyl (C=O) groups excluding carboxylic acids is 1. The summed E-state index contributed by atoms with van der Waals surface area (Å²) in [4.78, 5) is 13.4. The molecule has 1 aliphatic heterocycles. The first-order valence-electron chi connectivity index (χ1n) is 5.42. The molecule has 1 N–H and O–H groups in total. The number of hydrogen-bond acceptors (Lipinski definition) is 3. The largest absolute Gasteiger partial charge is 0.479 e. The van der Waals surface area contributed by atoms with Crippen LogP contribution in [0.4, 0.5) is 0 Å². The summed E-state index contributed by atoms with van der Waals surface area (Å²) in [6.07, 6.45) is 0.319. The van der Waals surface area contributed by atoms with Gasteiger partial charge >= 0.3 is 0 Å². The van der Waals surface area contributed by atoms with E-state index in [4.69, 9.17) is 9.84 Å². The van der Waals surface area contributed by atoms with E-state index in [0.717, 1.165) is 16.6 Å². The molecule has 1 fully saturated rings. The zero-order chi connectivity index (χ0) is 12.4. The number of halogens is 1. The number of likely N-dealkylation sites (N-methyl/N-ethyl adjacent to an activating group) is 1. The highest BCUT2D eigenvalue weighted by Gasteiger charge is 2.31. The van der Waals surface area contributed by atoms with Gasteiger partial charge in [-0.1, -0.05) is 6.07 Å². The molecule has 1 saturated heterocycles. The van der Waals surface area contributed by atoms with Gasteiger partial charge in [-0.15, -0.1) is 0 Å². The first-order chi connectivity index (χ1) is 8.11. The van der Waals surface area contributed by atoms with E-state index in [0.29, 0.717) is 12.2 Å². The summed E-state index contributed by atoms with van der Waals surface area (Å²) >= 11 is 3.37. The van der Waals surface area contributed by atoms with Crippen LogP contribution in [0.1, 0.15) is 12.0 Å². The number of hydrogen-bond donors (Lipinski definition) is 1. The maximum absolute atomic E-state index is 11.7. The second-order valence-electron chi connectivity index (χ2n) is 4.08. The molecule has 1 unspecified atom stereocenters. The third kappa shape index (κ3) is 2.61. The van der Waals surface area contributed by atoms with Gasteiger partial charge < -0.3 is 14.7 Å². The minimum absolute atomic E-state index is 0.00994. The van der Waals surface area contributed by atoms with Crippen LogP contribution in [-0.4, -0.2) is 35.6 Å². The van der Waals surface area contributed by atoms with Gasteiger partial charge in [-0.2, -0.15) is 0 Å². The molecule has 0 spiro atoms. The number of amides is 1. The zero-order valence-corrected chi connectivity index (χ0v) is 11.1. The molecule has 92 valence electrons. The summed E-state index contributed by atoms with van der Waals surface area (Å²) in [5.74, 6) is 0.652. The standard InChI is InChI=1S/C12H14BrNO3/c1-14-5-4-11(12(14)16)17-10-3-2-8(7-15)6-9(10)13/h2-3,6,11,15H,4-5,7H2,1H3. The van der Waals surface area contributed by atoms with Crippen LogP contribution in [0, 0.1) is 0 Å². The number of nitrogens with zero attached hydrogens (tertiary/aromatic N) is 1. The molecule has 2 rings (SSSR count). The van der Waals surface area contributed by atoms with Gasteiger partial charge in [0.15, 0.2) is 6.10 Å². The van der Waals surface area contributed by atoms with Crippen LogP contribution in [0.2, 0.25) is 0 Å². The summed E-state index contributed by atoms with van der Waals surface area (Å²) in [5, 5.41) is 8.99. The van der Waals surface area contributed by atoms with Gasteiger partial charge in [0.25, 0.3) is 5.91 Å². The molecule has 0 saturated carbocycles. The van der Waals surface area contributed by atoms with Crippen molar-refractivity contribution in [2.75, 3.05) is 13.6 Å². The van der Waals surface area contributed by atoms with Crippen LogP contribution in [0.25, 0.3) is 0 Å². The Labute approximate surface area is 108 Å². The Morgan fingerprint density at radius 2 is 2.35 bits per heavy atom. The topological polar surface area (TPSA) is 49.8 Å². The highest BCUT2D eigenvalue weighted by molar-refractivity contribution is 9.10. The van der Waals surface area contributed by atoms with Crippen LogP contribution >= 0.6 is 15.9 Å². The van der Waals surface area contributed by atoms with Crippen molar-refractivity contribution in [3.63, 3.8) is 0 Å². The first-order valence-corrected chi connectivity index (χ1v) is 6.22. The van der Waals surface area contributed by atoms with Gasteiger partial charge in [0.2, 0.25) is 0 Å². The SMILES string of the molecule is CN1CCC(Oc2ccc(CO)cc2Br)C1=O. The number of carbonyl (C=O) groups is 1. The third-order valence-corrected chi connectivity index (χ3v) is 3.45. The van der Waals surface area contributed by atoms with Crippen molar-refractivity contribution in [1.82, 2.24) is 4.90 Å². The van der Waals surface area contributed by atoms with Gasteiger partial charge in [0, 0.05) is 20.0 Å². The predicted octanol–water partition coefficient (Wildman–Crippen LogP) is 1.55. The first kappa shape index (κ1) is 12.4. The highest BCUT2D eigenvalue weighted by atomic mass is 79.9. The fourth-order valence-corrected chi connectivity index (χ4v) is 2.31. The summed E-state index contributed by atoms with van der Waals surface area (Å²) in [7, 11) is 1.77. The van der Waals surface area contributed by atoms with E-state index in [2.05, 4.69) is 15.9 Å². The van der Waals surface area contributed by atoms with E-state index in [1.165, 1.54) is 0 Å². The molecule has 0 radical (unpaired) electrons. The van der Waals surface area contributed by atoms with Crippen LogP contribution in [0.3, 0.4) is 0 Å². The van der Waals surface area contributed by atoms with Crippen molar-refractivity contribution in [2.45, 2.75) is 19.1 Å². The second kappa shape index (κ2) is 5.06. The Hall–Kier alpha value is -1.07. The Morgan fingerprint density at radius 1 is 1.59 bits per heavy atom. The lowest BCUT2D eigenvalue weighted by Gasteiger charge is -2.14. The van der Waals surface area contributed by atoms with E-state index in [1.54, 1.807) is 30.1 Å². The number of benzene rings is 1. The molecule has 1 atom stereocenters. The summed E-state index contributed by atoms with van der Waals surface area (Å²) in [6.45, 7) is 0.722. The van der Waals surface area contributed by atoms with E-state index >= 15 is 0 Å². The highest BCUT2D eigenvalue weighted by Crippen LogP contribution is 2.28. The van der Waals surface area contributed by atoms with Gasteiger partial charge in [-0.25, -0.2) is 0 Å². The zero-order valence-electron chi connectivity index (χ0n) is 9.52. The number of ether oxygens (including phenoxy) is 1. The fourth-order valence-electron chi connectivity index (χ4n) is 1.79. The van der Waals surface area contributed by atoms with Gasteiger partial charge in [-0.3, -0.25) is 4.79 Å². The van der Waals surface area contributed by atoms with Gasteiger partial charge in [0.1, 0.15) is 5.75 Å². The average molecular weight is 300 g/mol. The normalized spacial score (nSPS) is 19.8. The predicted molar refractivity (Wildman–Crippen MR) is 66.7 cm³/mol. The quantitative estimate of drug-likeness (QED) is 0.921. The minimum Gasteiger partial charge on any atom is -0.479 e. The van der Waals surface area contributed by atoms with E-state index in [9.17, 15) is 4.79 Å². The molecular weight excluding hydrogens is 286 g/mol. The molecule has 0 aliphatic carbocycles. The Balaban J connectivity index is 2.11. The molecule has 0 aromatic heterocycles. The number of aliphatic hydroxyl groups excluding tert-OH is 1. The molecule has 1 aliphatic rings. The van der Waals surface area contributed by atoms with Crippen molar-refractivity contribution < 1.29 is 14.6 Å². The summed E-state index contributed by atoms with van der Waals surface area (Å²) in [6, 6.07) is 5.34. The van der Waals surface area contributed by atoms with Gasteiger partial charge in [-0.05, 0) is 33.6 Å². The fraction of sp³-hybridized carbons (Fsp3) is 0.417.